The van der Waals surface area contributed by atoms with E-state index in [2.05, 4.69) is 10.6 Å². The van der Waals surface area contributed by atoms with Crippen molar-refractivity contribution in [3.63, 3.8) is 0 Å². The van der Waals surface area contributed by atoms with Gasteiger partial charge in [-0.3, -0.25) is 14.9 Å². The normalized spacial score (nSPS) is 14.1. The smallest absolute Gasteiger partial charge is 0.270 e. The van der Waals surface area contributed by atoms with Gasteiger partial charge in [-0.2, -0.15) is 0 Å². The Morgan fingerprint density at radius 3 is 2.43 bits per heavy atom. The number of amides is 1. The third kappa shape index (κ3) is 3.78. The number of nitrogens with two attached hydrogens (primary N) is 1. The summed E-state index contributed by atoms with van der Waals surface area (Å²) < 4.78 is 0. The van der Waals surface area contributed by atoms with Gasteiger partial charge in [-0.25, -0.2) is 0 Å². The minimum Gasteiger partial charge on any atom is -0.354 e. The minimum atomic E-state index is -0.466. The molecule has 0 fully saturated rings. The lowest BCUT2D eigenvalue weighted by molar-refractivity contribution is -0.384. The third-order valence-corrected chi connectivity index (χ3v) is 4.93. The largest absolute Gasteiger partial charge is 0.354 e. The molecule has 0 radical (unpaired) electrons. The van der Waals surface area contributed by atoms with Crippen LogP contribution in [0.4, 0.5) is 17.1 Å². The molecule has 4 N–H and O–H groups in total. The summed E-state index contributed by atoms with van der Waals surface area (Å²) in [6, 6.07) is 21.6. The number of non-ortho nitro benzene ring substituents is 1. The van der Waals surface area contributed by atoms with Crippen LogP contribution in [0, 0.1) is 10.1 Å². The number of nitro groups is 1. The Kier molecular flexibility index (Phi) is 5.28. The lowest BCUT2D eigenvalue weighted by Gasteiger charge is -2.15. The molecule has 3 aromatic rings. The van der Waals surface area contributed by atoms with Crippen molar-refractivity contribution in [1.29, 1.82) is 0 Å². The number of nitrogens with zero attached hydrogens (tertiary/aromatic N) is 1. The van der Waals surface area contributed by atoms with Crippen LogP contribution in [-0.4, -0.2) is 17.4 Å². The molecule has 0 bridgehead atoms. The van der Waals surface area contributed by atoms with Crippen molar-refractivity contribution in [2.45, 2.75) is 6.42 Å². The second-order valence-electron chi connectivity index (χ2n) is 6.92. The quantitative estimate of drug-likeness (QED) is 0.329. The van der Waals surface area contributed by atoms with Crippen LogP contribution < -0.4 is 16.4 Å². The van der Waals surface area contributed by atoms with Crippen LogP contribution in [0.5, 0.6) is 0 Å². The van der Waals surface area contributed by atoms with Gasteiger partial charge < -0.3 is 16.4 Å². The predicted molar refractivity (Wildman–Crippen MR) is 118 cm³/mol. The second kappa shape index (κ2) is 8.18. The zero-order valence-corrected chi connectivity index (χ0v) is 16.1. The fraction of sp³-hybridized carbons (Fsp3) is 0.0870. The van der Waals surface area contributed by atoms with E-state index >= 15 is 0 Å². The van der Waals surface area contributed by atoms with Crippen LogP contribution in [0.1, 0.15) is 16.7 Å². The molecule has 4 rings (SSSR count). The van der Waals surface area contributed by atoms with E-state index in [1.807, 2.05) is 54.6 Å². The minimum absolute atomic E-state index is 0.0682. The molecule has 1 aliphatic heterocycles. The predicted octanol–water partition coefficient (Wildman–Crippen LogP) is 4.03. The van der Waals surface area contributed by atoms with Crippen molar-refractivity contribution >= 4 is 34.2 Å². The molecule has 0 aromatic heterocycles. The van der Waals surface area contributed by atoms with Crippen molar-refractivity contribution < 1.29 is 9.72 Å². The molecule has 0 aliphatic carbocycles. The van der Waals surface area contributed by atoms with Gasteiger partial charge in [0.2, 0.25) is 0 Å². The average Bonchev–Trinajstić information content (AvgIpc) is 3.09. The van der Waals surface area contributed by atoms with E-state index in [0.717, 1.165) is 23.2 Å². The van der Waals surface area contributed by atoms with Crippen molar-refractivity contribution in [3.05, 3.63) is 99.6 Å². The van der Waals surface area contributed by atoms with E-state index in [1.165, 1.54) is 12.1 Å². The number of hydrogen-bond donors (Lipinski definition) is 3. The van der Waals surface area contributed by atoms with Gasteiger partial charge in [0.05, 0.1) is 16.2 Å². The molecule has 3 aromatic carbocycles. The molecule has 0 spiro atoms. The number of carbonyl (C=O) groups excluding carboxylic acids is 1. The summed E-state index contributed by atoms with van der Waals surface area (Å²) in [4.78, 5) is 23.7. The highest BCUT2D eigenvalue weighted by atomic mass is 16.6. The standard InChI is InChI=1S/C23H20N4O3/c24-13-12-15-6-8-17(9-7-15)25-22(16-4-2-1-3-5-16)21-19-14-18(27(29)30)10-11-20(19)26-23(21)28/h1-11,14,25H,12-13,24H2,(H,26,28). The average molecular weight is 400 g/mol. The molecule has 1 heterocycles. The number of anilines is 2. The number of benzene rings is 3. The van der Waals surface area contributed by atoms with E-state index < -0.39 is 4.92 Å². The number of rotatable bonds is 6. The Balaban J connectivity index is 1.84. The summed E-state index contributed by atoms with van der Waals surface area (Å²) in [5.74, 6) is -0.309. The van der Waals surface area contributed by atoms with Gasteiger partial charge in [-0.05, 0) is 42.3 Å². The van der Waals surface area contributed by atoms with Crippen LogP contribution in [0.3, 0.4) is 0 Å². The van der Waals surface area contributed by atoms with Crippen LogP contribution in [-0.2, 0) is 11.2 Å². The molecule has 0 saturated carbocycles. The second-order valence-corrected chi connectivity index (χ2v) is 6.92. The van der Waals surface area contributed by atoms with Gasteiger partial charge >= 0.3 is 0 Å². The van der Waals surface area contributed by atoms with Crippen molar-refractivity contribution in [1.82, 2.24) is 0 Å². The third-order valence-electron chi connectivity index (χ3n) is 4.93. The molecule has 0 atom stereocenters. The summed E-state index contributed by atoms with van der Waals surface area (Å²) in [6.07, 6.45) is 0.784. The zero-order chi connectivity index (χ0) is 21.1. The number of nitrogens with one attached hydrogen (secondary N) is 2. The van der Waals surface area contributed by atoms with Crippen molar-refractivity contribution in [3.8, 4) is 0 Å². The fourth-order valence-corrected chi connectivity index (χ4v) is 3.47. The Morgan fingerprint density at radius 2 is 1.77 bits per heavy atom. The monoisotopic (exact) mass is 400 g/mol. The number of hydrogen-bond acceptors (Lipinski definition) is 5. The summed E-state index contributed by atoms with van der Waals surface area (Å²) in [5.41, 5.74) is 10.3. The summed E-state index contributed by atoms with van der Waals surface area (Å²) >= 11 is 0. The SMILES string of the molecule is NCCc1ccc(NC(=C2C(=O)Nc3ccc([N+](=O)[O-])cc32)c2ccccc2)cc1. The van der Waals surface area contributed by atoms with Crippen LogP contribution in [0.25, 0.3) is 11.3 Å². The summed E-state index contributed by atoms with van der Waals surface area (Å²) in [6.45, 7) is 0.571. The van der Waals surface area contributed by atoms with Gasteiger partial charge in [-0.1, -0.05) is 42.5 Å². The maximum Gasteiger partial charge on any atom is 0.270 e. The van der Waals surface area contributed by atoms with E-state index in [4.69, 9.17) is 5.73 Å². The highest BCUT2D eigenvalue weighted by molar-refractivity contribution is 6.37. The summed E-state index contributed by atoms with van der Waals surface area (Å²) in [5, 5.41) is 17.4. The van der Waals surface area contributed by atoms with Crippen LogP contribution in [0.15, 0.2) is 72.8 Å². The fourth-order valence-electron chi connectivity index (χ4n) is 3.47. The van der Waals surface area contributed by atoms with Crippen LogP contribution >= 0.6 is 0 Å². The molecule has 7 nitrogen and oxygen atoms in total. The van der Waals surface area contributed by atoms with Gasteiger partial charge in [0, 0.05) is 29.1 Å². The Morgan fingerprint density at radius 1 is 1.03 bits per heavy atom. The number of carbonyl (C=O) groups is 1. The molecule has 7 heteroatoms. The molecular formula is C23H20N4O3. The van der Waals surface area contributed by atoms with Gasteiger partial charge in [0.1, 0.15) is 0 Å². The van der Waals surface area contributed by atoms with E-state index in [1.54, 1.807) is 6.07 Å². The van der Waals surface area contributed by atoms with E-state index in [-0.39, 0.29) is 11.6 Å². The van der Waals surface area contributed by atoms with Crippen molar-refractivity contribution in [2.24, 2.45) is 5.73 Å². The van der Waals surface area contributed by atoms with Gasteiger partial charge in [0.25, 0.3) is 11.6 Å². The molecule has 150 valence electrons. The number of nitro benzene ring substituents is 1. The lowest BCUT2D eigenvalue weighted by atomic mass is 9.99. The van der Waals surface area contributed by atoms with Crippen molar-refractivity contribution in [2.75, 3.05) is 17.2 Å². The Bertz CT molecular complexity index is 1140. The molecule has 0 unspecified atom stereocenters. The molecule has 1 amide bonds. The first-order chi connectivity index (χ1) is 14.6. The van der Waals surface area contributed by atoms with Gasteiger partial charge in [-0.15, -0.1) is 0 Å². The zero-order valence-electron chi connectivity index (χ0n) is 16.1. The highest BCUT2D eigenvalue weighted by Gasteiger charge is 2.30. The van der Waals surface area contributed by atoms with Gasteiger partial charge in [0.15, 0.2) is 0 Å². The van der Waals surface area contributed by atoms with Crippen LogP contribution in [0.2, 0.25) is 0 Å². The molecule has 30 heavy (non-hydrogen) atoms. The topological polar surface area (TPSA) is 110 Å². The Hall–Kier alpha value is -3.97. The molecular weight excluding hydrogens is 380 g/mol. The number of fused-ring (bicyclic) bond motifs is 1. The first-order valence-electron chi connectivity index (χ1n) is 9.52. The summed E-state index contributed by atoms with van der Waals surface area (Å²) in [7, 11) is 0. The Labute approximate surface area is 173 Å². The highest BCUT2D eigenvalue weighted by Crippen LogP contribution is 2.39. The van der Waals surface area contributed by atoms with E-state index in [9.17, 15) is 14.9 Å². The maximum absolute atomic E-state index is 12.9. The molecule has 0 saturated heterocycles. The first-order valence-corrected chi connectivity index (χ1v) is 9.52. The van der Waals surface area contributed by atoms with E-state index in [0.29, 0.717) is 29.1 Å². The molecule has 1 aliphatic rings. The maximum atomic E-state index is 12.9. The lowest BCUT2D eigenvalue weighted by Crippen LogP contribution is -2.10. The first kappa shape index (κ1) is 19.4.